The van der Waals surface area contributed by atoms with Gasteiger partial charge in [0, 0.05) is 52.3 Å². The van der Waals surface area contributed by atoms with E-state index in [1.807, 2.05) is 12.5 Å². The second-order valence-electron chi connectivity index (χ2n) is 6.73. The van der Waals surface area contributed by atoms with Crippen LogP contribution in [0.2, 0.25) is 0 Å². The minimum absolute atomic E-state index is 0.587. The van der Waals surface area contributed by atoms with Gasteiger partial charge in [0.25, 0.3) is 0 Å². The molecule has 0 saturated heterocycles. The van der Waals surface area contributed by atoms with E-state index < -0.39 is 0 Å². The molecule has 0 aliphatic rings. The summed E-state index contributed by atoms with van der Waals surface area (Å²) in [5.41, 5.74) is 2.48. The summed E-state index contributed by atoms with van der Waals surface area (Å²) in [6, 6.07) is 8.59. The minimum atomic E-state index is 0.587. The van der Waals surface area contributed by atoms with E-state index in [0.717, 1.165) is 45.2 Å². The molecule has 1 heterocycles. The molecule has 2 N–H and O–H groups in total. The van der Waals surface area contributed by atoms with Gasteiger partial charge in [-0.3, -0.25) is 4.99 Å². The van der Waals surface area contributed by atoms with Crippen LogP contribution in [0.5, 0.6) is 0 Å². The van der Waals surface area contributed by atoms with Crippen LogP contribution in [-0.2, 0) is 17.8 Å². The van der Waals surface area contributed by atoms with Gasteiger partial charge in [0.05, 0.1) is 6.33 Å². The van der Waals surface area contributed by atoms with Crippen molar-refractivity contribution < 1.29 is 4.74 Å². The fourth-order valence-corrected chi connectivity index (χ4v) is 2.46. The first-order valence-corrected chi connectivity index (χ1v) is 9.23. The fourth-order valence-electron chi connectivity index (χ4n) is 2.46. The maximum Gasteiger partial charge on any atom is 0.191 e. The molecule has 1 aromatic carbocycles. The van der Waals surface area contributed by atoms with Gasteiger partial charge in [-0.25, -0.2) is 4.98 Å². The highest BCUT2D eigenvalue weighted by Crippen LogP contribution is 2.06. The first-order valence-electron chi connectivity index (χ1n) is 9.23. The molecular weight excluding hydrogens is 326 g/mol. The molecule has 6 nitrogen and oxygen atoms in total. The zero-order chi connectivity index (χ0) is 18.6. The number of nitrogens with zero attached hydrogens (tertiary/aromatic N) is 3. The van der Waals surface area contributed by atoms with E-state index in [1.54, 1.807) is 13.2 Å². The lowest BCUT2D eigenvalue weighted by molar-refractivity contribution is 0.108. The van der Waals surface area contributed by atoms with Gasteiger partial charge in [-0.2, -0.15) is 0 Å². The Labute approximate surface area is 156 Å². The largest absolute Gasteiger partial charge is 0.381 e. The molecule has 0 unspecified atom stereocenters. The normalized spacial score (nSPS) is 11.8. The third-order valence-corrected chi connectivity index (χ3v) is 3.84. The van der Waals surface area contributed by atoms with Crippen LogP contribution < -0.4 is 10.6 Å². The van der Waals surface area contributed by atoms with Crippen LogP contribution in [0.1, 0.15) is 31.4 Å². The number of nitrogens with one attached hydrogen (secondary N) is 2. The predicted octanol–water partition coefficient (Wildman–Crippen LogP) is 2.66. The first-order chi connectivity index (χ1) is 12.7. The zero-order valence-electron chi connectivity index (χ0n) is 16.1. The number of aliphatic imine (C=N–C) groups is 1. The zero-order valence-corrected chi connectivity index (χ0v) is 16.1. The van der Waals surface area contributed by atoms with Crippen LogP contribution >= 0.6 is 0 Å². The number of imidazole rings is 1. The van der Waals surface area contributed by atoms with Gasteiger partial charge in [-0.1, -0.05) is 38.1 Å². The third kappa shape index (κ3) is 7.70. The highest BCUT2D eigenvalue weighted by Gasteiger charge is 2.00. The van der Waals surface area contributed by atoms with Crippen molar-refractivity contribution in [2.24, 2.45) is 10.9 Å². The summed E-state index contributed by atoms with van der Waals surface area (Å²) in [4.78, 5) is 8.33. The Bertz CT molecular complexity index is 635. The molecule has 0 radical (unpaired) electrons. The number of benzene rings is 1. The van der Waals surface area contributed by atoms with E-state index in [2.05, 4.69) is 63.3 Å². The second kappa shape index (κ2) is 11.3. The maximum atomic E-state index is 5.58. The SMILES string of the molecule is CN=C(NCCCOCC(C)C)NCc1ccc(Cn2ccnc2)cc1. The van der Waals surface area contributed by atoms with Crippen molar-refractivity contribution in [2.75, 3.05) is 26.8 Å². The molecule has 0 atom stereocenters. The quantitative estimate of drug-likeness (QED) is 0.390. The minimum Gasteiger partial charge on any atom is -0.381 e. The van der Waals surface area contributed by atoms with Gasteiger partial charge >= 0.3 is 0 Å². The third-order valence-electron chi connectivity index (χ3n) is 3.84. The summed E-state index contributed by atoms with van der Waals surface area (Å²) < 4.78 is 7.64. The lowest BCUT2D eigenvalue weighted by atomic mass is 10.1. The molecule has 26 heavy (non-hydrogen) atoms. The Balaban J connectivity index is 1.66. The van der Waals surface area contributed by atoms with Gasteiger partial charge in [0.15, 0.2) is 5.96 Å². The number of hydrogen-bond acceptors (Lipinski definition) is 3. The fraction of sp³-hybridized carbons (Fsp3) is 0.500. The number of hydrogen-bond donors (Lipinski definition) is 2. The van der Waals surface area contributed by atoms with Crippen molar-refractivity contribution in [1.82, 2.24) is 20.2 Å². The molecule has 0 aliphatic carbocycles. The van der Waals surface area contributed by atoms with Crippen LogP contribution in [0.15, 0.2) is 48.0 Å². The first kappa shape index (κ1) is 20.0. The Kier molecular flexibility index (Phi) is 8.69. The number of guanidine groups is 1. The average Bonchev–Trinajstić information content (AvgIpc) is 3.14. The van der Waals surface area contributed by atoms with Gasteiger partial charge in [0.1, 0.15) is 0 Å². The summed E-state index contributed by atoms with van der Waals surface area (Å²) in [5.74, 6) is 1.40. The van der Waals surface area contributed by atoms with E-state index in [1.165, 1.54) is 11.1 Å². The molecule has 1 aromatic heterocycles. The predicted molar refractivity (Wildman–Crippen MR) is 106 cm³/mol. The molecule has 0 bridgehead atoms. The molecule has 0 spiro atoms. The monoisotopic (exact) mass is 357 g/mol. The number of ether oxygens (including phenoxy) is 1. The highest BCUT2D eigenvalue weighted by molar-refractivity contribution is 5.79. The van der Waals surface area contributed by atoms with E-state index in [9.17, 15) is 0 Å². The molecule has 0 aliphatic heterocycles. The van der Waals surface area contributed by atoms with Gasteiger partial charge in [-0.05, 0) is 23.5 Å². The van der Waals surface area contributed by atoms with E-state index >= 15 is 0 Å². The second-order valence-corrected chi connectivity index (χ2v) is 6.73. The average molecular weight is 358 g/mol. The van der Waals surface area contributed by atoms with Crippen LogP contribution in [-0.4, -0.2) is 42.3 Å². The van der Waals surface area contributed by atoms with E-state index in [0.29, 0.717) is 5.92 Å². The molecule has 0 saturated carbocycles. The molecule has 142 valence electrons. The van der Waals surface area contributed by atoms with Crippen molar-refractivity contribution in [1.29, 1.82) is 0 Å². The van der Waals surface area contributed by atoms with Crippen LogP contribution in [0.25, 0.3) is 0 Å². The summed E-state index contributed by atoms with van der Waals surface area (Å²) in [6.07, 6.45) is 6.57. The molecule has 2 rings (SSSR count). The van der Waals surface area contributed by atoms with Crippen molar-refractivity contribution in [2.45, 2.75) is 33.4 Å². The van der Waals surface area contributed by atoms with Gasteiger partial charge < -0.3 is 19.9 Å². The Morgan fingerprint density at radius 2 is 1.96 bits per heavy atom. The van der Waals surface area contributed by atoms with Crippen LogP contribution in [0, 0.1) is 5.92 Å². The molecular formula is C20H31N5O. The number of aromatic nitrogens is 2. The summed E-state index contributed by atoms with van der Waals surface area (Å²) >= 11 is 0. The van der Waals surface area contributed by atoms with Crippen molar-refractivity contribution >= 4 is 5.96 Å². The highest BCUT2D eigenvalue weighted by atomic mass is 16.5. The summed E-state index contributed by atoms with van der Waals surface area (Å²) in [7, 11) is 1.79. The van der Waals surface area contributed by atoms with E-state index in [-0.39, 0.29) is 0 Å². The topological polar surface area (TPSA) is 63.5 Å². The Morgan fingerprint density at radius 1 is 1.19 bits per heavy atom. The Morgan fingerprint density at radius 3 is 2.62 bits per heavy atom. The summed E-state index contributed by atoms with van der Waals surface area (Å²) in [6.45, 7) is 8.36. The van der Waals surface area contributed by atoms with Crippen molar-refractivity contribution in [3.05, 3.63) is 54.1 Å². The van der Waals surface area contributed by atoms with E-state index in [4.69, 9.17) is 4.74 Å². The van der Waals surface area contributed by atoms with Crippen molar-refractivity contribution in [3.8, 4) is 0 Å². The van der Waals surface area contributed by atoms with Crippen LogP contribution in [0.4, 0.5) is 0 Å². The lowest BCUT2D eigenvalue weighted by Crippen LogP contribution is -2.37. The Hall–Kier alpha value is -2.34. The molecule has 0 amide bonds. The van der Waals surface area contributed by atoms with Crippen LogP contribution in [0.3, 0.4) is 0 Å². The standard InChI is InChI=1S/C20H31N5O/c1-17(2)15-26-12-4-9-23-20(21-3)24-13-18-5-7-19(8-6-18)14-25-11-10-22-16-25/h5-8,10-11,16-17H,4,9,12-15H2,1-3H3,(H2,21,23,24). The maximum absolute atomic E-state index is 5.58. The number of rotatable bonds is 10. The lowest BCUT2D eigenvalue weighted by Gasteiger charge is -2.13. The summed E-state index contributed by atoms with van der Waals surface area (Å²) in [5, 5.41) is 6.66. The molecule has 0 fully saturated rings. The smallest absolute Gasteiger partial charge is 0.191 e. The molecule has 6 heteroatoms. The van der Waals surface area contributed by atoms with Gasteiger partial charge in [0.2, 0.25) is 0 Å². The van der Waals surface area contributed by atoms with Gasteiger partial charge in [-0.15, -0.1) is 0 Å². The molecule has 2 aromatic rings. The van der Waals surface area contributed by atoms with Crippen molar-refractivity contribution in [3.63, 3.8) is 0 Å².